The molecule has 12 nitrogen and oxygen atoms in total. The summed E-state index contributed by atoms with van der Waals surface area (Å²) in [6.45, 7) is 0. The van der Waals surface area contributed by atoms with E-state index in [0.717, 1.165) is 24.3 Å². The molecule has 0 radical (unpaired) electrons. The fourth-order valence-electron chi connectivity index (χ4n) is 1.83. The number of rotatable bonds is 4. The highest BCUT2D eigenvalue weighted by Gasteiger charge is 2.15. The first-order valence-corrected chi connectivity index (χ1v) is 8.84. The topological polar surface area (TPSA) is 187 Å². The molecule has 0 aliphatic carbocycles. The summed E-state index contributed by atoms with van der Waals surface area (Å²) in [6.07, 6.45) is 6.56. The molecule has 2 aromatic carbocycles. The van der Waals surface area contributed by atoms with Crippen LogP contribution in [0.2, 0.25) is 10.0 Å². The summed E-state index contributed by atoms with van der Waals surface area (Å²) in [6, 6.07) is 6.51. The van der Waals surface area contributed by atoms with Crippen LogP contribution in [-0.4, -0.2) is 42.0 Å². The fourth-order valence-corrected chi connectivity index (χ4v) is 2.23. The Balaban J connectivity index is 0.000000256. The van der Waals surface area contributed by atoms with Crippen LogP contribution in [0.3, 0.4) is 0 Å². The number of carboxylic acids is 2. The first-order valence-electron chi connectivity index (χ1n) is 8.09. The van der Waals surface area contributed by atoms with Crippen LogP contribution in [0.15, 0.2) is 61.2 Å². The van der Waals surface area contributed by atoms with Crippen molar-refractivity contribution >= 4 is 46.5 Å². The first kappa shape index (κ1) is 25.9. The number of non-ortho nitro benzene ring substituents is 2. The van der Waals surface area contributed by atoms with Crippen molar-refractivity contribution in [3.8, 4) is 0 Å². The quantitative estimate of drug-likeness (QED) is 0.398. The summed E-state index contributed by atoms with van der Waals surface area (Å²) >= 11 is 11.0. The molecule has 1 heterocycles. The number of nitro benzene ring substituents is 2. The maximum Gasteiger partial charge on any atom is 0.337 e. The molecule has 1 aromatic heterocycles. The molecular weight excluding hydrogens is 471 g/mol. The molecule has 0 unspecified atom stereocenters. The van der Waals surface area contributed by atoms with Crippen molar-refractivity contribution in [1.82, 2.24) is 9.97 Å². The third-order valence-corrected chi connectivity index (χ3v) is 3.92. The number of hydrogen-bond acceptors (Lipinski definition) is 8. The van der Waals surface area contributed by atoms with Gasteiger partial charge in [0.05, 0.1) is 31.0 Å². The number of nitrogens with zero attached hydrogens (tertiary/aromatic N) is 4. The predicted molar refractivity (Wildman–Crippen MR) is 112 cm³/mol. The van der Waals surface area contributed by atoms with Crippen LogP contribution in [0.1, 0.15) is 20.7 Å². The van der Waals surface area contributed by atoms with Gasteiger partial charge in [0.25, 0.3) is 11.4 Å². The second-order valence-corrected chi connectivity index (χ2v) is 6.16. The van der Waals surface area contributed by atoms with Gasteiger partial charge in [-0.1, -0.05) is 23.2 Å². The minimum absolute atomic E-state index is 0.0156. The summed E-state index contributed by atoms with van der Waals surface area (Å²) in [4.78, 5) is 47.6. The van der Waals surface area contributed by atoms with Crippen molar-refractivity contribution in [2.24, 2.45) is 0 Å². The van der Waals surface area contributed by atoms with Gasteiger partial charge >= 0.3 is 11.9 Å². The molecule has 0 aliphatic heterocycles. The van der Waals surface area contributed by atoms with E-state index in [-0.39, 0.29) is 32.5 Å². The summed E-state index contributed by atoms with van der Waals surface area (Å²) in [7, 11) is 0. The van der Waals surface area contributed by atoms with Crippen molar-refractivity contribution in [3.05, 3.63) is 103 Å². The minimum atomic E-state index is -1.28. The van der Waals surface area contributed by atoms with Gasteiger partial charge in [-0.25, -0.2) is 9.59 Å². The highest BCUT2D eigenvalue weighted by atomic mass is 35.5. The monoisotopic (exact) mass is 482 g/mol. The lowest BCUT2D eigenvalue weighted by Crippen LogP contribution is -1.98. The number of carbonyl (C=O) groups is 2. The minimum Gasteiger partial charge on any atom is -0.478 e. The lowest BCUT2D eigenvalue weighted by molar-refractivity contribution is -0.385. The Morgan fingerprint density at radius 3 is 1.25 bits per heavy atom. The Bertz CT molecular complexity index is 1030. The molecule has 0 amide bonds. The average molecular weight is 483 g/mol. The van der Waals surface area contributed by atoms with Gasteiger partial charge < -0.3 is 10.2 Å². The predicted octanol–water partition coefficient (Wildman–Crippen LogP) is 4.37. The van der Waals surface area contributed by atoms with Crippen LogP contribution in [0.5, 0.6) is 0 Å². The molecule has 0 aliphatic rings. The van der Waals surface area contributed by atoms with Crippen LogP contribution in [0, 0.1) is 20.2 Å². The van der Waals surface area contributed by atoms with E-state index in [1.807, 2.05) is 0 Å². The maximum atomic E-state index is 10.5. The first-order chi connectivity index (χ1) is 15.0. The second kappa shape index (κ2) is 12.5. The number of hydrogen-bond donors (Lipinski definition) is 2. The number of aromatic carboxylic acids is 2. The van der Waals surface area contributed by atoms with Gasteiger partial charge in [0.2, 0.25) is 0 Å². The van der Waals surface area contributed by atoms with E-state index in [2.05, 4.69) is 9.97 Å². The van der Waals surface area contributed by atoms with Crippen molar-refractivity contribution in [2.75, 3.05) is 0 Å². The molecule has 166 valence electrons. The Morgan fingerprint density at radius 1 is 0.719 bits per heavy atom. The van der Waals surface area contributed by atoms with Gasteiger partial charge in [0.15, 0.2) is 0 Å². The molecule has 32 heavy (non-hydrogen) atoms. The Morgan fingerprint density at radius 2 is 1.03 bits per heavy atom. The van der Waals surface area contributed by atoms with Crippen LogP contribution in [-0.2, 0) is 0 Å². The normalized spacial score (nSPS) is 9.31. The van der Waals surface area contributed by atoms with Crippen LogP contribution >= 0.6 is 23.2 Å². The molecule has 0 bridgehead atoms. The van der Waals surface area contributed by atoms with E-state index < -0.39 is 21.8 Å². The number of halogens is 2. The van der Waals surface area contributed by atoms with Gasteiger partial charge in [-0.05, 0) is 12.1 Å². The van der Waals surface area contributed by atoms with E-state index >= 15 is 0 Å². The largest absolute Gasteiger partial charge is 0.478 e. The molecule has 0 fully saturated rings. The van der Waals surface area contributed by atoms with Gasteiger partial charge in [-0.15, -0.1) is 0 Å². The van der Waals surface area contributed by atoms with Crippen molar-refractivity contribution < 1.29 is 29.6 Å². The zero-order valence-electron chi connectivity index (χ0n) is 15.7. The zero-order valence-corrected chi connectivity index (χ0v) is 17.2. The van der Waals surface area contributed by atoms with E-state index in [4.69, 9.17) is 33.4 Å². The molecule has 0 atom stereocenters. The average Bonchev–Trinajstić information content (AvgIpc) is 2.75. The molecule has 0 saturated heterocycles. The van der Waals surface area contributed by atoms with E-state index in [1.165, 1.54) is 12.1 Å². The second-order valence-electron chi connectivity index (χ2n) is 5.35. The fraction of sp³-hybridized carbons (Fsp3) is 0. The standard InChI is InChI=1S/2C7H4ClNO4.C4H4N2/c2*8-6-2-1-4(9(12)13)3-5(6)7(10)11;1-2-6-4-3-5-1/h2*1-3H,(H,10,11);1-4H. The highest BCUT2D eigenvalue weighted by molar-refractivity contribution is 6.34. The molecule has 0 spiro atoms. The van der Waals surface area contributed by atoms with Gasteiger partial charge in [-0.3, -0.25) is 30.2 Å². The van der Waals surface area contributed by atoms with E-state index in [9.17, 15) is 29.8 Å². The molecule has 3 rings (SSSR count). The van der Waals surface area contributed by atoms with E-state index in [1.54, 1.807) is 24.8 Å². The van der Waals surface area contributed by atoms with Crippen LogP contribution < -0.4 is 0 Å². The van der Waals surface area contributed by atoms with E-state index in [0.29, 0.717) is 0 Å². The molecule has 14 heteroatoms. The Kier molecular flexibility index (Phi) is 10.1. The third kappa shape index (κ3) is 8.30. The molecular formula is C18H12Cl2N4O8. The summed E-state index contributed by atoms with van der Waals surface area (Å²) in [5.41, 5.74) is -1.12. The zero-order chi connectivity index (χ0) is 24.3. The van der Waals surface area contributed by atoms with Crippen LogP contribution in [0.4, 0.5) is 11.4 Å². The summed E-state index contributed by atoms with van der Waals surface area (Å²) in [5, 5.41) is 37.6. The number of nitro groups is 2. The third-order valence-electron chi connectivity index (χ3n) is 3.26. The summed E-state index contributed by atoms with van der Waals surface area (Å²) in [5.74, 6) is -2.57. The molecule has 2 N–H and O–H groups in total. The number of aromatic nitrogens is 2. The lowest BCUT2D eigenvalue weighted by Gasteiger charge is -1.97. The molecule has 3 aromatic rings. The lowest BCUT2D eigenvalue weighted by atomic mass is 10.2. The van der Waals surface area contributed by atoms with Crippen molar-refractivity contribution in [3.63, 3.8) is 0 Å². The highest BCUT2D eigenvalue weighted by Crippen LogP contribution is 2.22. The summed E-state index contributed by atoms with van der Waals surface area (Å²) < 4.78 is 0. The van der Waals surface area contributed by atoms with Gasteiger partial charge in [0, 0.05) is 49.1 Å². The van der Waals surface area contributed by atoms with Crippen molar-refractivity contribution in [2.45, 2.75) is 0 Å². The van der Waals surface area contributed by atoms with Gasteiger partial charge in [0.1, 0.15) is 0 Å². The SMILES string of the molecule is O=C(O)c1cc([N+](=O)[O-])ccc1Cl.O=C(O)c1cc([N+](=O)[O-])ccc1Cl.c1cnccn1. The Hall–Kier alpha value is -4.16. The molecule has 0 saturated carbocycles. The number of benzene rings is 2. The van der Waals surface area contributed by atoms with Crippen LogP contribution in [0.25, 0.3) is 0 Å². The van der Waals surface area contributed by atoms with Gasteiger partial charge in [-0.2, -0.15) is 0 Å². The van der Waals surface area contributed by atoms with Crippen molar-refractivity contribution in [1.29, 1.82) is 0 Å². The maximum absolute atomic E-state index is 10.5. The Labute approximate surface area is 189 Å². The number of carboxylic acid groups (broad SMARTS) is 2. The smallest absolute Gasteiger partial charge is 0.337 e.